The maximum atomic E-state index is 10.0. The van der Waals surface area contributed by atoms with Crippen LogP contribution in [-0.2, 0) is 6.54 Å². The highest BCUT2D eigenvalue weighted by Crippen LogP contribution is 2.23. The Kier molecular flexibility index (Phi) is 5.49. The first-order valence-corrected chi connectivity index (χ1v) is 6.58. The number of para-hydroxylation sites is 1. The fourth-order valence-corrected chi connectivity index (χ4v) is 1.96. The van der Waals surface area contributed by atoms with Gasteiger partial charge in [-0.3, -0.25) is 4.90 Å². The van der Waals surface area contributed by atoms with Gasteiger partial charge in [-0.25, -0.2) is 0 Å². The lowest BCUT2D eigenvalue weighted by Crippen LogP contribution is -2.27. The molecule has 0 aliphatic heterocycles. The molecule has 0 spiro atoms. The van der Waals surface area contributed by atoms with E-state index in [1.54, 1.807) is 0 Å². The third-order valence-corrected chi connectivity index (χ3v) is 3.43. The largest absolute Gasteiger partial charge is 0.507 e. The smallest absolute Gasteiger partial charge is 0.122 e. The summed E-state index contributed by atoms with van der Waals surface area (Å²) in [4.78, 5) is 2.39. The van der Waals surface area contributed by atoms with Gasteiger partial charge in [-0.1, -0.05) is 45.4 Å². The zero-order valence-corrected chi connectivity index (χ0v) is 11.5. The van der Waals surface area contributed by atoms with Gasteiger partial charge in [0.15, 0.2) is 0 Å². The first-order valence-electron chi connectivity index (χ1n) is 6.58. The van der Waals surface area contributed by atoms with Crippen LogP contribution in [0, 0.1) is 12.8 Å². The van der Waals surface area contributed by atoms with Crippen LogP contribution in [0.3, 0.4) is 0 Å². The molecule has 1 rings (SSSR count). The molecule has 17 heavy (non-hydrogen) atoms. The number of phenols is 1. The van der Waals surface area contributed by atoms with Gasteiger partial charge in [0.1, 0.15) is 5.75 Å². The van der Waals surface area contributed by atoms with E-state index in [4.69, 9.17) is 0 Å². The molecule has 1 N–H and O–H groups in total. The second-order valence-corrected chi connectivity index (χ2v) is 4.92. The molecule has 0 amide bonds. The minimum Gasteiger partial charge on any atom is -0.507 e. The third-order valence-electron chi connectivity index (χ3n) is 3.43. The zero-order valence-electron chi connectivity index (χ0n) is 11.5. The standard InChI is InChI=1S/C15H25NO/c1-5-12(3)10-16(6-2)11-14-9-7-8-13(4)15(14)17/h7-9,12,17H,5-6,10-11H2,1-4H3. The molecule has 0 bridgehead atoms. The van der Waals surface area contributed by atoms with E-state index in [0.717, 1.165) is 30.8 Å². The van der Waals surface area contributed by atoms with Crippen LogP contribution in [-0.4, -0.2) is 23.1 Å². The van der Waals surface area contributed by atoms with E-state index in [9.17, 15) is 5.11 Å². The topological polar surface area (TPSA) is 23.5 Å². The van der Waals surface area contributed by atoms with Crippen LogP contribution in [0.15, 0.2) is 18.2 Å². The minimum absolute atomic E-state index is 0.454. The van der Waals surface area contributed by atoms with Crippen molar-refractivity contribution < 1.29 is 5.11 Å². The minimum atomic E-state index is 0.454. The van der Waals surface area contributed by atoms with E-state index in [0.29, 0.717) is 11.7 Å². The molecule has 1 aromatic rings. The summed E-state index contributed by atoms with van der Waals surface area (Å²) in [6.45, 7) is 11.6. The average Bonchev–Trinajstić information content (AvgIpc) is 2.33. The molecule has 0 aromatic heterocycles. The van der Waals surface area contributed by atoms with Gasteiger partial charge in [0.25, 0.3) is 0 Å². The molecular formula is C15H25NO. The molecule has 0 radical (unpaired) electrons. The summed E-state index contributed by atoms with van der Waals surface area (Å²) in [5.74, 6) is 1.16. The molecule has 1 unspecified atom stereocenters. The third kappa shape index (κ3) is 4.04. The number of nitrogens with zero attached hydrogens (tertiary/aromatic N) is 1. The summed E-state index contributed by atoms with van der Waals surface area (Å²) in [5.41, 5.74) is 2.00. The van der Waals surface area contributed by atoms with Gasteiger partial charge in [-0.15, -0.1) is 0 Å². The number of benzene rings is 1. The molecule has 0 fully saturated rings. The molecule has 1 atom stereocenters. The van der Waals surface area contributed by atoms with Crippen LogP contribution in [0.5, 0.6) is 5.75 Å². The van der Waals surface area contributed by atoms with Crippen LogP contribution in [0.2, 0.25) is 0 Å². The molecule has 0 aliphatic rings. The Hall–Kier alpha value is -1.02. The summed E-state index contributed by atoms with van der Waals surface area (Å²) in [7, 11) is 0. The second-order valence-electron chi connectivity index (χ2n) is 4.92. The lowest BCUT2D eigenvalue weighted by Gasteiger charge is -2.24. The maximum Gasteiger partial charge on any atom is 0.122 e. The van der Waals surface area contributed by atoms with Crippen LogP contribution >= 0.6 is 0 Å². The molecule has 0 saturated heterocycles. The van der Waals surface area contributed by atoms with Crippen molar-refractivity contribution in [3.63, 3.8) is 0 Å². The van der Waals surface area contributed by atoms with Gasteiger partial charge in [-0.05, 0) is 24.9 Å². The number of aryl methyl sites for hydroxylation is 1. The van der Waals surface area contributed by atoms with Crippen molar-refractivity contribution >= 4 is 0 Å². The summed E-state index contributed by atoms with van der Waals surface area (Å²) < 4.78 is 0. The Labute approximate surface area is 105 Å². The molecule has 0 aliphatic carbocycles. The van der Waals surface area contributed by atoms with Gasteiger partial charge in [0.05, 0.1) is 0 Å². The van der Waals surface area contributed by atoms with Gasteiger partial charge in [0.2, 0.25) is 0 Å². The van der Waals surface area contributed by atoms with Crippen LogP contribution < -0.4 is 0 Å². The predicted octanol–water partition coefficient (Wildman–Crippen LogP) is 3.57. The van der Waals surface area contributed by atoms with Crippen LogP contribution in [0.25, 0.3) is 0 Å². The summed E-state index contributed by atoms with van der Waals surface area (Å²) in [5, 5.41) is 10.0. The second kappa shape index (κ2) is 6.65. The van der Waals surface area contributed by atoms with Gasteiger partial charge < -0.3 is 5.11 Å². The molecule has 2 nitrogen and oxygen atoms in total. The summed E-state index contributed by atoms with van der Waals surface area (Å²) in [6.07, 6.45) is 1.20. The highest BCUT2D eigenvalue weighted by atomic mass is 16.3. The normalized spacial score (nSPS) is 13.0. The Bertz CT molecular complexity index is 349. The van der Waals surface area contributed by atoms with E-state index in [2.05, 4.69) is 25.7 Å². The molecule has 96 valence electrons. The van der Waals surface area contributed by atoms with Crippen molar-refractivity contribution in [2.24, 2.45) is 5.92 Å². The number of aromatic hydroxyl groups is 1. The fraction of sp³-hybridized carbons (Fsp3) is 0.600. The van der Waals surface area contributed by atoms with Crippen molar-refractivity contribution in [1.29, 1.82) is 0 Å². The van der Waals surface area contributed by atoms with Crippen LogP contribution in [0.1, 0.15) is 38.3 Å². The van der Waals surface area contributed by atoms with E-state index >= 15 is 0 Å². The first kappa shape index (κ1) is 14.0. The Balaban J connectivity index is 2.70. The van der Waals surface area contributed by atoms with Gasteiger partial charge in [-0.2, -0.15) is 0 Å². The number of phenolic OH excluding ortho intramolecular Hbond substituents is 1. The average molecular weight is 235 g/mol. The predicted molar refractivity (Wildman–Crippen MR) is 73.2 cm³/mol. The van der Waals surface area contributed by atoms with E-state index < -0.39 is 0 Å². The Morgan fingerprint density at radius 3 is 2.59 bits per heavy atom. The SMILES string of the molecule is CCC(C)CN(CC)Cc1cccc(C)c1O. The zero-order chi connectivity index (χ0) is 12.8. The Morgan fingerprint density at radius 1 is 1.29 bits per heavy atom. The maximum absolute atomic E-state index is 10.0. The first-order chi connectivity index (χ1) is 8.08. The molecule has 0 heterocycles. The van der Waals surface area contributed by atoms with Crippen molar-refractivity contribution in [3.05, 3.63) is 29.3 Å². The van der Waals surface area contributed by atoms with E-state index in [-0.39, 0.29) is 0 Å². The van der Waals surface area contributed by atoms with E-state index in [1.807, 2.05) is 25.1 Å². The summed E-state index contributed by atoms with van der Waals surface area (Å²) in [6, 6.07) is 5.98. The van der Waals surface area contributed by atoms with Crippen molar-refractivity contribution in [2.75, 3.05) is 13.1 Å². The lowest BCUT2D eigenvalue weighted by atomic mass is 10.1. The van der Waals surface area contributed by atoms with Crippen molar-refractivity contribution in [3.8, 4) is 5.75 Å². The van der Waals surface area contributed by atoms with E-state index in [1.165, 1.54) is 6.42 Å². The number of hydrogen-bond acceptors (Lipinski definition) is 2. The monoisotopic (exact) mass is 235 g/mol. The van der Waals surface area contributed by atoms with Gasteiger partial charge >= 0.3 is 0 Å². The summed E-state index contributed by atoms with van der Waals surface area (Å²) >= 11 is 0. The van der Waals surface area contributed by atoms with Crippen LogP contribution in [0.4, 0.5) is 0 Å². The molecule has 2 heteroatoms. The Morgan fingerprint density at radius 2 is 2.00 bits per heavy atom. The number of rotatable bonds is 6. The molecule has 0 saturated carbocycles. The number of hydrogen-bond donors (Lipinski definition) is 1. The fourth-order valence-electron chi connectivity index (χ4n) is 1.96. The van der Waals surface area contributed by atoms with Crippen molar-refractivity contribution in [2.45, 2.75) is 40.7 Å². The quantitative estimate of drug-likeness (QED) is 0.815. The highest BCUT2D eigenvalue weighted by Gasteiger charge is 2.11. The molecule has 1 aromatic carbocycles. The lowest BCUT2D eigenvalue weighted by molar-refractivity contribution is 0.235. The van der Waals surface area contributed by atoms with Crippen molar-refractivity contribution in [1.82, 2.24) is 4.90 Å². The highest BCUT2D eigenvalue weighted by molar-refractivity contribution is 5.39. The van der Waals surface area contributed by atoms with Gasteiger partial charge in [0, 0.05) is 18.7 Å². The molecular weight excluding hydrogens is 210 g/mol.